The van der Waals surface area contributed by atoms with Crippen LogP contribution in [0.3, 0.4) is 0 Å². The first-order valence-electron chi connectivity index (χ1n) is 9.45. The Kier molecular flexibility index (Phi) is 6.63. The predicted octanol–water partition coefficient (Wildman–Crippen LogP) is 3.20. The van der Waals surface area contributed by atoms with Crippen LogP contribution in [0.4, 0.5) is 0 Å². The van der Waals surface area contributed by atoms with Crippen LogP contribution in [0.2, 0.25) is 0 Å². The first-order chi connectivity index (χ1) is 12.8. The highest BCUT2D eigenvalue weighted by atomic mass is 16.5. The molecule has 0 spiro atoms. The zero-order valence-corrected chi connectivity index (χ0v) is 17.0. The maximum absolute atomic E-state index is 13.3. The van der Waals surface area contributed by atoms with Crippen LogP contribution in [-0.2, 0) is 16.6 Å². The molecule has 0 aromatic carbocycles. The molecule has 27 heavy (non-hydrogen) atoms. The molecule has 0 radical (unpaired) electrons. The highest BCUT2D eigenvalue weighted by molar-refractivity contribution is 6.06. The Morgan fingerprint density at radius 3 is 2.41 bits per heavy atom. The summed E-state index contributed by atoms with van der Waals surface area (Å²) in [7, 11) is 3.06. The normalized spacial score (nSPS) is 15.4. The second-order valence-corrected chi connectivity index (χ2v) is 7.29. The maximum atomic E-state index is 13.3. The Labute approximate surface area is 161 Å². The van der Waals surface area contributed by atoms with Gasteiger partial charge in [-0.3, -0.25) is 9.59 Å². The summed E-state index contributed by atoms with van der Waals surface area (Å²) in [4.78, 5) is 40.0. The minimum Gasteiger partial charge on any atom is -0.464 e. The van der Waals surface area contributed by atoms with Crippen molar-refractivity contribution < 1.29 is 19.1 Å². The first kappa shape index (κ1) is 20.9. The van der Waals surface area contributed by atoms with E-state index in [2.05, 4.69) is 6.58 Å². The van der Waals surface area contributed by atoms with E-state index in [1.165, 1.54) is 7.11 Å². The highest BCUT2D eigenvalue weighted by Gasteiger charge is 2.35. The van der Waals surface area contributed by atoms with E-state index >= 15 is 0 Å². The molecular weight excluding hydrogens is 344 g/mol. The van der Waals surface area contributed by atoms with Gasteiger partial charge in [0, 0.05) is 30.8 Å². The largest absolute Gasteiger partial charge is 0.464 e. The van der Waals surface area contributed by atoms with Gasteiger partial charge in [-0.15, -0.1) is 6.58 Å². The van der Waals surface area contributed by atoms with Crippen molar-refractivity contribution in [3.8, 4) is 0 Å². The summed E-state index contributed by atoms with van der Waals surface area (Å²) in [6, 6.07) is -0.624. The van der Waals surface area contributed by atoms with Crippen LogP contribution in [0.15, 0.2) is 12.7 Å². The van der Waals surface area contributed by atoms with Crippen molar-refractivity contribution in [3.63, 3.8) is 0 Å². The van der Waals surface area contributed by atoms with E-state index in [1.807, 2.05) is 0 Å². The van der Waals surface area contributed by atoms with Crippen molar-refractivity contribution >= 4 is 17.7 Å². The third-order valence-corrected chi connectivity index (χ3v) is 5.72. The second kappa shape index (κ2) is 8.55. The van der Waals surface area contributed by atoms with E-state index in [1.54, 1.807) is 43.4 Å². The molecule has 1 aromatic heterocycles. The third-order valence-electron chi connectivity index (χ3n) is 5.72. The van der Waals surface area contributed by atoms with Gasteiger partial charge in [0.05, 0.1) is 13.2 Å². The van der Waals surface area contributed by atoms with Gasteiger partial charge < -0.3 is 14.2 Å². The van der Waals surface area contributed by atoms with Crippen LogP contribution in [0.25, 0.3) is 0 Å². The fourth-order valence-electron chi connectivity index (χ4n) is 4.06. The number of rotatable bonds is 7. The number of esters is 1. The van der Waals surface area contributed by atoms with Crippen molar-refractivity contribution in [2.75, 3.05) is 13.7 Å². The van der Waals surface area contributed by atoms with Gasteiger partial charge in [0.2, 0.25) is 5.91 Å². The van der Waals surface area contributed by atoms with Gasteiger partial charge in [0.25, 0.3) is 0 Å². The zero-order valence-electron chi connectivity index (χ0n) is 17.0. The van der Waals surface area contributed by atoms with Crippen molar-refractivity contribution in [2.45, 2.75) is 52.5 Å². The first-order valence-corrected chi connectivity index (χ1v) is 9.45. The van der Waals surface area contributed by atoms with E-state index in [9.17, 15) is 14.4 Å². The number of ether oxygens (including phenoxy) is 1. The lowest BCUT2D eigenvalue weighted by Gasteiger charge is -2.30. The van der Waals surface area contributed by atoms with E-state index in [0.717, 1.165) is 25.7 Å². The molecule has 1 saturated carbocycles. The van der Waals surface area contributed by atoms with Gasteiger partial charge in [-0.1, -0.05) is 18.9 Å². The standard InChI is InChI=1S/C21H30N2O4/c1-7-12-23(20(25)16-10-8-9-11-16)15(4)19(24)17-13(2)18(21(26)27-6)22(5)14(17)3/h7,15-16H,1,8-12H2,2-6H3. The van der Waals surface area contributed by atoms with Crippen LogP contribution in [0, 0.1) is 19.8 Å². The maximum Gasteiger partial charge on any atom is 0.354 e. The fourth-order valence-corrected chi connectivity index (χ4v) is 4.06. The molecule has 1 aliphatic rings. The molecule has 1 aromatic rings. The van der Waals surface area contributed by atoms with Gasteiger partial charge in [0.15, 0.2) is 5.78 Å². The lowest BCUT2D eigenvalue weighted by atomic mass is 9.98. The van der Waals surface area contributed by atoms with Crippen LogP contribution in [-0.4, -0.2) is 46.8 Å². The molecule has 0 aliphatic heterocycles. The zero-order chi connectivity index (χ0) is 20.3. The van der Waals surface area contributed by atoms with E-state index in [4.69, 9.17) is 4.74 Å². The summed E-state index contributed by atoms with van der Waals surface area (Å²) in [5.41, 5.74) is 2.13. The smallest absolute Gasteiger partial charge is 0.354 e. The summed E-state index contributed by atoms with van der Waals surface area (Å²) < 4.78 is 6.53. The lowest BCUT2D eigenvalue weighted by Crippen LogP contribution is -2.46. The SMILES string of the molecule is C=CCN(C(=O)C1CCCC1)C(C)C(=O)c1c(C)c(C(=O)OC)n(C)c1C. The minimum atomic E-state index is -0.624. The second-order valence-electron chi connectivity index (χ2n) is 7.29. The van der Waals surface area contributed by atoms with Gasteiger partial charge in [-0.2, -0.15) is 0 Å². The molecule has 148 valence electrons. The molecule has 1 fully saturated rings. The van der Waals surface area contributed by atoms with E-state index in [0.29, 0.717) is 29.1 Å². The number of hydrogen-bond acceptors (Lipinski definition) is 4. The summed E-state index contributed by atoms with van der Waals surface area (Å²) >= 11 is 0. The van der Waals surface area contributed by atoms with Crippen molar-refractivity contribution in [2.24, 2.45) is 13.0 Å². The molecule has 1 aliphatic carbocycles. The number of methoxy groups -OCH3 is 1. The summed E-state index contributed by atoms with van der Waals surface area (Å²) in [5, 5.41) is 0. The quantitative estimate of drug-likeness (QED) is 0.417. The molecule has 6 nitrogen and oxygen atoms in total. The molecule has 2 rings (SSSR count). The van der Waals surface area contributed by atoms with Crippen molar-refractivity contribution in [1.29, 1.82) is 0 Å². The van der Waals surface area contributed by atoms with Crippen LogP contribution in [0.5, 0.6) is 0 Å². The van der Waals surface area contributed by atoms with Gasteiger partial charge in [0.1, 0.15) is 5.69 Å². The molecule has 0 bridgehead atoms. The number of aromatic nitrogens is 1. The molecule has 1 atom stereocenters. The van der Waals surface area contributed by atoms with Gasteiger partial charge in [-0.05, 0) is 39.2 Å². The molecule has 6 heteroatoms. The number of hydrogen-bond donors (Lipinski definition) is 0. The third kappa shape index (κ3) is 3.84. The van der Waals surface area contributed by atoms with Crippen molar-refractivity contribution in [1.82, 2.24) is 9.47 Å². The predicted molar refractivity (Wildman–Crippen MR) is 104 cm³/mol. The number of carbonyl (C=O) groups excluding carboxylic acids is 3. The number of Topliss-reactive ketones (excluding diaryl/α,β-unsaturated/α-hetero) is 1. The number of ketones is 1. The average Bonchev–Trinajstić information content (AvgIpc) is 3.25. The molecular formula is C21H30N2O4. The summed E-state index contributed by atoms with van der Waals surface area (Å²) in [5.74, 6) is -0.629. The molecule has 1 heterocycles. The number of nitrogens with zero attached hydrogens (tertiary/aromatic N) is 2. The fraction of sp³-hybridized carbons (Fsp3) is 0.571. The highest BCUT2D eigenvalue weighted by Crippen LogP contribution is 2.29. The molecule has 0 N–H and O–H groups in total. The monoisotopic (exact) mass is 374 g/mol. The number of carbonyl (C=O) groups is 3. The van der Waals surface area contributed by atoms with Crippen LogP contribution >= 0.6 is 0 Å². The summed E-state index contributed by atoms with van der Waals surface area (Å²) in [6.07, 6.45) is 5.52. The molecule has 1 unspecified atom stereocenters. The number of amides is 1. The van der Waals surface area contributed by atoms with Gasteiger partial charge in [-0.25, -0.2) is 4.79 Å². The van der Waals surface area contributed by atoms with Gasteiger partial charge >= 0.3 is 5.97 Å². The Morgan fingerprint density at radius 1 is 1.30 bits per heavy atom. The van der Waals surface area contributed by atoms with E-state index < -0.39 is 12.0 Å². The Bertz CT molecular complexity index is 757. The van der Waals surface area contributed by atoms with Crippen LogP contribution < -0.4 is 0 Å². The lowest BCUT2D eigenvalue weighted by molar-refractivity contribution is -0.136. The Balaban J connectivity index is 2.38. The van der Waals surface area contributed by atoms with E-state index in [-0.39, 0.29) is 17.6 Å². The summed E-state index contributed by atoms with van der Waals surface area (Å²) in [6.45, 7) is 9.37. The molecule has 0 saturated heterocycles. The van der Waals surface area contributed by atoms with Crippen molar-refractivity contribution in [3.05, 3.63) is 35.2 Å². The Hall–Kier alpha value is -2.37. The molecule has 1 amide bonds. The van der Waals surface area contributed by atoms with Crippen LogP contribution in [0.1, 0.15) is 64.7 Å². The Morgan fingerprint density at radius 2 is 1.89 bits per heavy atom. The average molecular weight is 374 g/mol. The topological polar surface area (TPSA) is 68.6 Å². The minimum absolute atomic E-state index is 0.0104.